The van der Waals surface area contributed by atoms with E-state index in [0.29, 0.717) is 13.2 Å². The van der Waals surface area contributed by atoms with Crippen LogP contribution in [0.25, 0.3) is 0 Å². The van der Waals surface area contributed by atoms with Crippen LogP contribution in [0.15, 0.2) is 0 Å². The number of aliphatic hydroxyl groups excluding tert-OH is 1. The highest BCUT2D eigenvalue weighted by molar-refractivity contribution is 4.71. The van der Waals surface area contributed by atoms with Crippen LogP contribution in [-0.2, 0) is 9.47 Å². The minimum atomic E-state index is -0.428. The lowest BCUT2D eigenvalue weighted by molar-refractivity contribution is -0.0208. The van der Waals surface area contributed by atoms with Crippen LogP contribution in [0.2, 0.25) is 0 Å². The van der Waals surface area contributed by atoms with Crippen molar-refractivity contribution in [2.24, 2.45) is 0 Å². The van der Waals surface area contributed by atoms with Gasteiger partial charge in [0.15, 0.2) is 0 Å². The molecule has 5 heteroatoms. The maximum atomic E-state index is 9.69. The molecule has 0 aliphatic carbocycles. The Hall–Kier alpha value is -0.200. The summed E-state index contributed by atoms with van der Waals surface area (Å²) >= 11 is 0. The van der Waals surface area contributed by atoms with E-state index >= 15 is 0 Å². The second-order valence-electron chi connectivity index (χ2n) is 5.00. The number of ether oxygens (including phenoxy) is 2. The fourth-order valence-corrected chi connectivity index (χ4v) is 1.93. The molecule has 108 valence electrons. The molecule has 2 unspecified atom stereocenters. The summed E-state index contributed by atoms with van der Waals surface area (Å²) in [6.45, 7) is 7.39. The first-order chi connectivity index (χ1) is 8.72. The molecule has 0 aromatic heterocycles. The first-order valence-corrected chi connectivity index (χ1v) is 6.99. The molecule has 0 aromatic rings. The molecule has 2 atom stereocenters. The van der Waals surface area contributed by atoms with E-state index in [1.165, 1.54) is 0 Å². The number of nitrogens with zero attached hydrogens (tertiary/aromatic N) is 1. The highest BCUT2D eigenvalue weighted by Crippen LogP contribution is 2.01. The molecule has 18 heavy (non-hydrogen) atoms. The molecule has 1 rings (SSSR count). The van der Waals surface area contributed by atoms with Crippen LogP contribution < -0.4 is 5.32 Å². The van der Waals surface area contributed by atoms with E-state index in [4.69, 9.17) is 9.47 Å². The Morgan fingerprint density at radius 3 is 3.11 bits per heavy atom. The highest BCUT2D eigenvalue weighted by atomic mass is 16.5. The van der Waals surface area contributed by atoms with Crippen molar-refractivity contribution in [2.75, 3.05) is 53.0 Å². The molecule has 1 heterocycles. The fraction of sp³-hybridized carbons (Fsp3) is 1.00. The summed E-state index contributed by atoms with van der Waals surface area (Å²) in [4.78, 5) is 2.26. The second kappa shape index (κ2) is 9.69. The molecule has 0 saturated carbocycles. The van der Waals surface area contributed by atoms with Crippen LogP contribution in [0.4, 0.5) is 0 Å². The fourth-order valence-electron chi connectivity index (χ4n) is 1.93. The molecule has 5 nitrogen and oxygen atoms in total. The average Bonchev–Trinajstić information content (AvgIpc) is 2.35. The van der Waals surface area contributed by atoms with E-state index in [-0.39, 0.29) is 6.10 Å². The van der Waals surface area contributed by atoms with Gasteiger partial charge in [-0.15, -0.1) is 0 Å². The summed E-state index contributed by atoms with van der Waals surface area (Å²) in [5, 5.41) is 12.9. The summed E-state index contributed by atoms with van der Waals surface area (Å²) < 4.78 is 11.0. The third-order valence-electron chi connectivity index (χ3n) is 3.05. The van der Waals surface area contributed by atoms with E-state index in [2.05, 4.69) is 24.2 Å². The first kappa shape index (κ1) is 15.9. The molecule has 1 aliphatic rings. The van der Waals surface area contributed by atoms with Crippen molar-refractivity contribution >= 4 is 0 Å². The number of unbranched alkanes of at least 4 members (excludes halogenated alkanes) is 1. The van der Waals surface area contributed by atoms with Gasteiger partial charge < -0.3 is 24.8 Å². The van der Waals surface area contributed by atoms with E-state index in [1.54, 1.807) is 0 Å². The lowest BCUT2D eigenvalue weighted by Gasteiger charge is -2.30. The summed E-state index contributed by atoms with van der Waals surface area (Å²) in [6, 6.07) is 0. The van der Waals surface area contributed by atoms with E-state index < -0.39 is 6.10 Å². The van der Waals surface area contributed by atoms with Crippen molar-refractivity contribution in [2.45, 2.75) is 32.0 Å². The third-order valence-corrected chi connectivity index (χ3v) is 3.05. The zero-order valence-electron chi connectivity index (χ0n) is 11.7. The molecule has 0 radical (unpaired) electrons. The maximum Gasteiger partial charge on any atom is 0.0897 e. The standard InChI is InChI=1S/C13H28N2O3/c1-3-4-6-17-11-12(16)8-14-9-13-10-15(2)5-7-18-13/h12-14,16H,3-11H2,1-2H3. The summed E-state index contributed by atoms with van der Waals surface area (Å²) in [5.41, 5.74) is 0. The predicted molar refractivity (Wildman–Crippen MR) is 71.8 cm³/mol. The van der Waals surface area contributed by atoms with Gasteiger partial charge in [0.1, 0.15) is 0 Å². The van der Waals surface area contributed by atoms with Gasteiger partial charge >= 0.3 is 0 Å². The number of likely N-dealkylation sites (N-methyl/N-ethyl adjacent to an activating group) is 1. The molecule has 2 N–H and O–H groups in total. The minimum Gasteiger partial charge on any atom is -0.389 e. The Morgan fingerprint density at radius 1 is 1.56 bits per heavy atom. The van der Waals surface area contributed by atoms with E-state index in [0.717, 1.165) is 45.7 Å². The lowest BCUT2D eigenvalue weighted by atomic mass is 10.2. The Kier molecular flexibility index (Phi) is 8.54. The van der Waals surface area contributed by atoms with Crippen molar-refractivity contribution in [1.82, 2.24) is 10.2 Å². The SMILES string of the molecule is CCCCOCC(O)CNCC1CN(C)CCO1. The monoisotopic (exact) mass is 260 g/mol. The van der Waals surface area contributed by atoms with Crippen LogP contribution in [0.5, 0.6) is 0 Å². The highest BCUT2D eigenvalue weighted by Gasteiger charge is 2.17. The van der Waals surface area contributed by atoms with Gasteiger partial charge in [-0.05, 0) is 13.5 Å². The van der Waals surface area contributed by atoms with E-state index in [1.807, 2.05) is 0 Å². The van der Waals surface area contributed by atoms with Gasteiger partial charge in [0.2, 0.25) is 0 Å². The molecule has 0 aromatic carbocycles. The Bertz CT molecular complexity index is 205. The maximum absolute atomic E-state index is 9.69. The molecule has 0 bridgehead atoms. The number of morpholine rings is 1. The van der Waals surface area contributed by atoms with E-state index in [9.17, 15) is 5.11 Å². The number of hydrogen-bond donors (Lipinski definition) is 2. The molecular formula is C13H28N2O3. The quantitative estimate of drug-likeness (QED) is 0.575. The van der Waals surface area contributed by atoms with Crippen LogP contribution in [-0.4, -0.2) is 75.3 Å². The molecular weight excluding hydrogens is 232 g/mol. The van der Waals surface area contributed by atoms with Gasteiger partial charge in [-0.3, -0.25) is 0 Å². The number of hydrogen-bond acceptors (Lipinski definition) is 5. The zero-order valence-corrected chi connectivity index (χ0v) is 11.7. The molecule has 1 saturated heterocycles. The lowest BCUT2D eigenvalue weighted by Crippen LogP contribution is -2.46. The third kappa shape index (κ3) is 7.28. The smallest absolute Gasteiger partial charge is 0.0897 e. The number of nitrogens with one attached hydrogen (secondary N) is 1. The average molecular weight is 260 g/mol. The largest absolute Gasteiger partial charge is 0.389 e. The van der Waals surface area contributed by atoms with Crippen LogP contribution in [0.3, 0.4) is 0 Å². The van der Waals surface area contributed by atoms with Gasteiger partial charge in [0.05, 0.1) is 25.4 Å². The van der Waals surface area contributed by atoms with Crippen molar-refractivity contribution < 1.29 is 14.6 Å². The summed E-state index contributed by atoms with van der Waals surface area (Å²) in [5.74, 6) is 0. The number of aliphatic hydroxyl groups is 1. The van der Waals surface area contributed by atoms with Crippen LogP contribution in [0.1, 0.15) is 19.8 Å². The van der Waals surface area contributed by atoms with Crippen molar-refractivity contribution in [3.8, 4) is 0 Å². The molecule has 0 amide bonds. The Balaban J connectivity index is 1.95. The van der Waals surface area contributed by atoms with Gasteiger partial charge in [-0.1, -0.05) is 13.3 Å². The number of rotatable bonds is 9. The summed E-state index contributed by atoms with van der Waals surface area (Å²) in [6.07, 6.45) is 1.99. The predicted octanol–water partition coefficient (Wildman–Crippen LogP) is 0.0842. The second-order valence-corrected chi connectivity index (χ2v) is 5.00. The normalized spacial score (nSPS) is 23.2. The first-order valence-electron chi connectivity index (χ1n) is 6.99. The minimum absolute atomic E-state index is 0.233. The summed E-state index contributed by atoms with van der Waals surface area (Å²) in [7, 11) is 2.10. The Labute approximate surface area is 110 Å². The van der Waals surface area contributed by atoms with Gasteiger partial charge in [-0.25, -0.2) is 0 Å². The zero-order chi connectivity index (χ0) is 13.2. The van der Waals surface area contributed by atoms with Crippen molar-refractivity contribution in [3.63, 3.8) is 0 Å². The van der Waals surface area contributed by atoms with Gasteiger partial charge in [-0.2, -0.15) is 0 Å². The van der Waals surface area contributed by atoms with Gasteiger partial charge in [0, 0.05) is 32.8 Å². The molecule has 0 spiro atoms. The molecule has 1 fully saturated rings. The molecule has 1 aliphatic heterocycles. The van der Waals surface area contributed by atoms with Crippen molar-refractivity contribution in [1.29, 1.82) is 0 Å². The van der Waals surface area contributed by atoms with Crippen LogP contribution >= 0.6 is 0 Å². The van der Waals surface area contributed by atoms with Crippen LogP contribution in [0, 0.1) is 0 Å². The Morgan fingerprint density at radius 2 is 2.39 bits per heavy atom. The van der Waals surface area contributed by atoms with Crippen molar-refractivity contribution in [3.05, 3.63) is 0 Å². The van der Waals surface area contributed by atoms with Gasteiger partial charge in [0.25, 0.3) is 0 Å². The topological polar surface area (TPSA) is 54.0 Å².